The molecule has 0 unspecified atom stereocenters. The molecule has 0 fully saturated rings. The zero-order valence-corrected chi connectivity index (χ0v) is 9.07. The molecule has 1 heterocycles. The quantitative estimate of drug-likeness (QED) is 0.853. The van der Waals surface area contributed by atoms with Crippen molar-refractivity contribution in [2.45, 2.75) is 0 Å². The van der Waals surface area contributed by atoms with Gasteiger partial charge in [0.15, 0.2) is 0 Å². The Hall–Kier alpha value is -1.74. The highest BCUT2D eigenvalue weighted by molar-refractivity contribution is 5.81. The van der Waals surface area contributed by atoms with Crippen molar-refractivity contribution in [1.82, 2.24) is 10.3 Å². The van der Waals surface area contributed by atoms with Crippen molar-refractivity contribution >= 4 is 17.0 Å². The van der Waals surface area contributed by atoms with Crippen LogP contribution in [0.5, 0.6) is 0 Å². The van der Waals surface area contributed by atoms with Crippen LogP contribution >= 0.6 is 0 Å². The number of hydrogen-bond donors (Lipinski definition) is 1. The summed E-state index contributed by atoms with van der Waals surface area (Å²) < 4.78 is 13.6. The van der Waals surface area contributed by atoms with Gasteiger partial charge in [-0.25, -0.2) is 4.39 Å². The van der Waals surface area contributed by atoms with E-state index in [4.69, 9.17) is 0 Å². The van der Waals surface area contributed by atoms with E-state index < -0.39 is 0 Å². The number of nitrogens with one attached hydrogen (secondary N) is 1. The molecule has 0 aliphatic rings. The number of fused-ring (bicyclic) bond motifs is 1. The second-order valence-corrected chi connectivity index (χ2v) is 3.53. The standard InChI is InChI=1S/C13H13FN2/c1-15-6-2-4-10-8-11-5-3-7-16-13(11)9-12(10)14/h2-5,7-9,15H,6H2,1H3. The molecule has 0 bridgehead atoms. The van der Waals surface area contributed by atoms with Crippen LogP contribution in [0.2, 0.25) is 0 Å². The molecule has 2 nitrogen and oxygen atoms in total. The molecule has 2 aromatic rings. The van der Waals surface area contributed by atoms with Crippen LogP contribution in [-0.2, 0) is 0 Å². The Balaban J connectivity index is 2.42. The number of halogens is 1. The minimum absolute atomic E-state index is 0.237. The Morgan fingerprint density at radius 1 is 1.44 bits per heavy atom. The summed E-state index contributed by atoms with van der Waals surface area (Å²) in [5, 5.41) is 3.92. The number of likely N-dealkylation sites (N-methyl/N-ethyl adjacent to an activating group) is 1. The molecular formula is C13H13FN2. The number of aromatic nitrogens is 1. The Kier molecular flexibility index (Phi) is 3.27. The monoisotopic (exact) mass is 216 g/mol. The van der Waals surface area contributed by atoms with Crippen molar-refractivity contribution in [3.63, 3.8) is 0 Å². The van der Waals surface area contributed by atoms with Crippen LogP contribution in [0.1, 0.15) is 5.56 Å². The number of benzene rings is 1. The summed E-state index contributed by atoms with van der Waals surface area (Å²) >= 11 is 0. The summed E-state index contributed by atoms with van der Waals surface area (Å²) in [4.78, 5) is 4.10. The molecule has 0 aliphatic carbocycles. The Bertz CT molecular complexity index is 520. The molecule has 0 radical (unpaired) electrons. The van der Waals surface area contributed by atoms with Crippen LogP contribution in [0.25, 0.3) is 17.0 Å². The zero-order chi connectivity index (χ0) is 11.4. The first-order chi connectivity index (χ1) is 7.81. The van der Waals surface area contributed by atoms with Gasteiger partial charge in [0.1, 0.15) is 5.82 Å². The van der Waals surface area contributed by atoms with Crippen molar-refractivity contribution in [3.05, 3.63) is 47.9 Å². The van der Waals surface area contributed by atoms with E-state index in [9.17, 15) is 4.39 Å². The second kappa shape index (κ2) is 4.86. The smallest absolute Gasteiger partial charge is 0.132 e. The van der Waals surface area contributed by atoms with Crippen molar-refractivity contribution in [1.29, 1.82) is 0 Å². The molecule has 0 spiro atoms. The summed E-state index contributed by atoms with van der Waals surface area (Å²) in [6.07, 6.45) is 5.33. The predicted molar refractivity (Wildman–Crippen MR) is 64.7 cm³/mol. The Labute approximate surface area is 93.8 Å². The summed E-state index contributed by atoms with van der Waals surface area (Å²) in [7, 11) is 1.85. The minimum Gasteiger partial charge on any atom is -0.316 e. The molecule has 16 heavy (non-hydrogen) atoms. The maximum atomic E-state index is 13.6. The van der Waals surface area contributed by atoms with Crippen LogP contribution in [0, 0.1) is 5.82 Å². The fourth-order valence-electron chi connectivity index (χ4n) is 1.54. The fraction of sp³-hybridized carbons (Fsp3) is 0.154. The van der Waals surface area contributed by atoms with Gasteiger partial charge < -0.3 is 5.32 Å². The molecule has 0 saturated heterocycles. The first-order valence-electron chi connectivity index (χ1n) is 5.16. The summed E-state index contributed by atoms with van der Waals surface area (Å²) in [5.41, 5.74) is 1.28. The van der Waals surface area contributed by atoms with E-state index in [1.54, 1.807) is 12.3 Å². The molecule has 3 heteroatoms. The van der Waals surface area contributed by atoms with E-state index in [2.05, 4.69) is 10.3 Å². The third-order valence-corrected chi connectivity index (χ3v) is 2.34. The van der Waals surface area contributed by atoms with Crippen molar-refractivity contribution < 1.29 is 4.39 Å². The lowest BCUT2D eigenvalue weighted by Gasteiger charge is -2.00. The van der Waals surface area contributed by atoms with E-state index in [-0.39, 0.29) is 5.82 Å². The van der Waals surface area contributed by atoms with Crippen molar-refractivity contribution in [3.8, 4) is 0 Å². The molecule has 1 aromatic heterocycles. The van der Waals surface area contributed by atoms with E-state index >= 15 is 0 Å². The van der Waals surface area contributed by atoms with Crippen LogP contribution in [0.3, 0.4) is 0 Å². The average Bonchev–Trinajstić information content (AvgIpc) is 2.30. The third-order valence-electron chi connectivity index (χ3n) is 2.34. The summed E-state index contributed by atoms with van der Waals surface area (Å²) in [6.45, 7) is 0.727. The van der Waals surface area contributed by atoms with E-state index in [1.165, 1.54) is 6.07 Å². The van der Waals surface area contributed by atoms with Crippen LogP contribution in [0.4, 0.5) is 4.39 Å². The zero-order valence-electron chi connectivity index (χ0n) is 9.07. The van der Waals surface area contributed by atoms with E-state index in [0.717, 1.165) is 11.9 Å². The normalized spacial score (nSPS) is 11.4. The van der Waals surface area contributed by atoms with Gasteiger partial charge in [-0.3, -0.25) is 4.98 Å². The highest BCUT2D eigenvalue weighted by Crippen LogP contribution is 2.18. The van der Waals surface area contributed by atoms with Crippen LogP contribution in [-0.4, -0.2) is 18.6 Å². The average molecular weight is 216 g/mol. The summed E-state index contributed by atoms with van der Waals surface area (Å²) in [5.74, 6) is -0.237. The first-order valence-corrected chi connectivity index (χ1v) is 5.16. The van der Waals surface area contributed by atoms with Gasteiger partial charge in [-0.15, -0.1) is 0 Å². The molecule has 0 atom stereocenters. The maximum Gasteiger partial charge on any atom is 0.132 e. The topological polar surface area (TPSA) is 24.9 Å². The Morgan fingerprint density at radius 2 is 2.31 bits per heavy atom. The first kappa shape index (κ1) is 10.8. The highest BCUT2D eigenvalue weighted by Gasteiger charge is 2.01. The van der Waals surface area contributed by atoms with Crippen LogP contribution < -0.4 is 5.32 Å². The number of pyridine rings is 1. The van der Waals surface area contributed by atoms with Gasteiger partial charge in [0.05, 0.1) is 5.52 Å². The van der Waals surface area contributed by atoms with Gasteiger partial charge in [0.2, 0.25) is 0 Å². The van der Waals surface area contributed by atoms with Gasteiger partial charge in [-0.2, -0.15) is 0 Å². The Morgan fingerprint density at radius 3 is 3.12 bits per heavy atom. The fourth-order valence-corrected chi connectivity index (χ4v) is 1.54. The maximum absolute atomic E-state index is 13.6. The minimum atomic E-state index is -0.237. The lowest BCUT2D eigenvalue weighted by Crippen LogP contribution is -2.03. The summed E-state index contributed by atoms with van der Waals surface area (Å²) in [6, 6.07) is 7.05. The van der Waals surface area contributed by atoms with Gasteiger partial charge in [-0.05, 0) is 19.2 Å². The number of rotatable bonds is 3. The number of hydrogen-bond acceptors (Lipinski definition) is 2. The second-order valence-electron chi connectivity index (χ2n) is 3.53. The van der Waals surface area contributed by atoms with E-state index in [0.29, 0.717) is 11.1 Å². The van der Waals surface area contributed by atoms with Gasteiger partial charge in [0, 0.05) is 29.8 Å². The lowest BCUT2D eigenvalue weighted by molar-refractivity contribution is 0.626. The molecule has 0 aliphatic heterocycles. The van der Waals surface area contributed by atoms with E-state index in [1.807, 2.05) is 31.3 Å². The third kappa shape index (κ3) is 2.25. The molecule has 2 rings (SSSR count). The molecule has 1 aromatic carbocycles. The van der Waals surface area contributed by atoms with Crippen LogP contribution in [0.15, 0.2) is 36.5 Å². The molecule has 0 saturated carbocycles. The van der Waals surface area contributed by atoms with Crippen molar-refractivity contribution in [2.24, 2.45) is 0 Å². The predicted octanol–water partition coefficient (Wildman–Crippen LogP) is 2.61. The van der Waals surface area contributed by atoms with Gasteiger partial charge in [0.25, 0.3) is 0 Å². The largest absolute Gasteiger partial charge is 0.316 e. The molecular weight excluding hydrogens is 203 g/mol. The SMILES string of the molecule is CNCC=Cc1cc2cccnc2cc1F. The molecule has 0 amide bonds. The van der Waals surface area contributed by atoms with Gasteiger partial charge in [-0.1, -0.05) is 18.2 Å². The van der Waals surface area contributed by atoms with Crippen molar-refractivity contribution in [2.75, 3.05) is 13.6 Å². The molecule has 1 N–H and O–H groups in total. The molecule has 82 valence electrons. The lowest BCUT2D eigenvalue weighted by atomic mass is 10.1. The number of nitrogens with zero attached hydrogens (tertiary/aromatic N) is 1. The van der Waals surface area contributed by atoms with Gasteiger partial charge >= 0.3 is 0 Å². The highest BCUT2D eigenvalue weighted by atomic mass is 19.1.